The van der Waals surface area contributed by atoms with Crippen LogP contribution in [0.3, 0.4) is 0 Å². The highest BCUT2D eigenvalue weighted by Crippen LogP contribution is 2.18. The largest absolute Gasteiger partial charge is 0.480 e. The normalized spacial score (nSPS) is 13.0. The first kappa shape index (κ1) is 19.7. The number of benzene rings is 2. The predicted octanol–water partition coefficient (Wildman–Crippen LogP) is 3.31. The molecule has 0 radical (unpaired) electrons. The van der Waals surface area contributed by atoms with Crippen molar-refractivity contribution >= 4 is 17.6 Å². The van der Waals surface area contributed by atoms with Crippen molar-refractivity contribution in [2.45, 2.75) is 45.7 Å². The van der Waals surface area contributed by atoms with E-state index in [1.165, 1.54) is 0 Å². The zero-order valence-corrected chi connectivity index (χ0v) is 15.5. The standard InChI is InChI=1S/C21H26N2O3/c1-14-8-7-11-18(16(14)3)23-20(24)12-15(2)22-19(21(25)26)13-17-9-5-4-6-10-17/h4-11,15,19,22H,12-13H2,1-3H3,(H,23,24)(H,25,26)/t15?,19-/m0/s1. The highest BCUT2D eigenvalue weighted by Gasteiger charge is 2.21. The Labute approximate surface area is 154 Å². The molecule has 5 heteroatoms. The van der Waals surface area contributed by atoms with Gasteiger partial charge < -0.3 is 15.7 Å². The molecule has 0 aliphatic rings. The molecule has 1 amide bonds. The maximum atomic E-state index is 12.3. The van der Waals surface area contributed by atoms with E-state index in [1.54, 1.807) is 0 Å². The molecular weight excluding hydrogens is 328 g/mol. The minimum atomic E-state index is -0.921. The Morgan fingerprint density at radius 3 is 2.38 bits per heavy atom. The molecule has 2 aromatic rings. The van der Waals surface area contributed by atoms with E-state index in [0.29, 0.717) is 6.42 Å². The highest BCUT2D eigenvalue weighted by molar-refractivity contribution is 5.92. The van der Waals surface area contributed by atoms with Crippen LogP contribution in [0, 0.1) is 13.8 Å². The van der Waals surface area contributed by atoms with Crippen molar-refractivity contribution in [3.63, 3.8) is 0 Å². The third-order valence-corrected chi connectivity index (χ3v) is 4.44. The summed E-state index contributed by atoms with van der Waals surface area (Å²) in [5, 5.41) is 15.4. The number of carbonyl (C=O) groups excluding carboxylic acids is 1. The van der Waals surface area contributed by atoms with Gasteiger partial charge in [0.05, 0.1) is 0 Å². The maximum Gasteiger partial charge on any atom is 0.321 e. The lowest BCUT2D eigenvalue weighted by molar-refractivity contribution is -0.139. The Morgan fingerprint density at radius 1 is 1.04 bits per heavy atom. The van der Waals surface area contributed by atoms with Gasteiger partial charge in [0.15, 0.2) is 0 Å². The van der Waals surface area contributed by atoms with Crippen LogP contribution in [0.25, 0.3) is 0 Å². The summed E-state index contributed by atoms with van der Waals surface area (Å²) in [6.07, 6.45) is 0.574. The van der Waals surface area contributed by atoms with Crippen LogP contribution in [0.2, 0.25) is 0 Å². The number of amides is 1. The van der Waals surface area contributed by atoms with Crippen LogP contribution < -0.4 is 10.6 Å². The van der Waals surface area contributed by atoms with Crippen LogP contribution in [0.5, 0.6) is 0 Å². The summed E-state index contributed by atoms with van der Waals surface area (Å²) in [5.74, 6) is -1.06. The Kier molecular flexibility index (Phi) is 6.92. The molecule has 0 bridgehead atoms. The van der Waals surface area contributed by atoms with Gasteiger partial charge in [-0.25, -0.2) is 0 Å². The first-order chi connectivity index (χ1) is 12.4. The molecule has 5 nitrogen and oxygen atoms in total. The Balaban J connectivity index is 1.92. The zero-order chi connectivity index (χ0) is 19.1. The van der Waals surface area contributed by atoms with Gasteiger partial charge in [0.25, 0.3) is 0 Å². The Bertz CT molecular complexity index is 759. The van der Waals surface area contributed by atoms with E-state index >= 15 is 0 Å². The van der Waals surface area contributed by atoms with Gasteiger partial charge in [0.2, 0.25) is 5.91 Å². The summed E-state index contributed by atoms with van der Waals surface area (Å²) < 4.78 is 0. The number of hydrogen-bond acceptors (Lipinski definition) is 3. The van der Waals surface area contributed by atoms with E-state index in [9.17, 15) is 14.7 Å². The lowest BCUT2D eigenvalue weighted by Gasteiger charge is -2.20. The van der Waals surface area contributed by atoms with Crippen molar-refractivity contribution in [1.29, 1.82) is 0 Å². The monoisotopic (exact) mass is 354 g/mol. The summed E-state index contributed by atoms with van der Waals surface area (Å²) in [5.41, 5.74) is 3.89. The summed E-state index contributed by atoms with van der Waals surface area (Å²) >= 11 is 0. The molecule has 0 saturated carbocycles. The van der Waals surface area contributed by atoms with Crippen LogP contribution in [0.1, 0.15) is 30.0 Å². The van der Waals surface area contributed by atoms with E-state index < -0.39 is 12.0 Å². The average Bonchev–Trinajstić information content (AvgIpc) is 2.59. The van der Waals surface area contributed by atoms with E-state index in [-0.39, 0.29) is 18.4 Å². The van der Waals surface area contributed by atoms with Gasteiger partial charge in [-0.1, -0.05) is 42.5 Å². The van der Waals surface area contributed by atoms with Gasteiger partial charge in [-0.15, -0.1) is 0 Å². The van der Waals surface area contributed by atoms with Crippen LogP contribution in [0.4, 0.5) is 5.69 Å². The van der Waals surface area contributed by atoms with Crippen LogP contribution in [-0.2, 0) is 16.0 Å². The second-order valence-electron chi connectivity index (χ2n) is 6.65. The molecule has 26 heavy (non-hydrogen) atoms. The molecule has 2 rings (SSSR count). The molecule has 2 aromatic carbocycles. The first-order valence-electron chi connectivity index (χ1n) is 8.75. The van der Waals surface area contributed by atoms with E-state index in [2.05, 4.69) is 10.6 Å². The molecule has 138 valence electrons. The summed E-state index contributed by atoms with van der Waals surface area (Å²) in [6, 6.07) is 14.2. The number of aliphatic carboxylic acids is 1. The molecular formula is C21H26N2O3. The molecule has 0 heterocycles. The summed E-state index contributed by atoms with van der Waals surface area (Å²) in [7, 11) is 0. The fraction of sp³-hybridized carbons (Fsp3) is 0.333. The number of carboxylic acids is 1. The molecule has 0 spiro atoms. The molecule has 3 N–H and O–H groups in total. The number of aryl methyl sites for hydroxylation is 1. The van der Waals surface area contributed by atoms with Gasteiger partial charge in [-0.3, -0.25) is 9.59 Å². The second kappa shape index (κ2) is 9.15. The summed E-state index contributed by atoms with van der Waals surface area (Å²) in [6.45, 7) is 5.78. The van der Waals surface area contributed by atoms with Gasteiger partial charge in [0, 0.05) is 18.2 Å². The number of anilines is 1. The van der Waals surface area contributed by atoms with Gasteiger partial charge >= 0.3 is 5.97 Å². The number of hydrogen-bond donors (Lipinski definition) is 3. The van der Waals surface area contributed by atoms with Crippen molar-refractivity contribution < 1.29 is 14.7 Å². The molecule has 1 unspecified atom stereocenters. The average molecular weight is 354 g/mol. The quantitative estimate of drug-likeness (QED) is 0.680. The molecule has 2 atom stereocenters. The molecule has 0 aliphatic carbocycles. The fourth-order valence-corrected chi connectivity index (χ4v) is 2.84. The zero-order valence-electron chi connectivity index (χ0n) is 15.5. The number of nitrogens with one attached hydrogen (secondary N) is 2. The molecule has 0 fully saturated rings. The Morgan fingerprint density at radius 2 is 1.73 bits per heavy atom. The number of rotatable bonds is 8. The van der Waals surface area contributed by atoms with Crippen molar-refractivity contribution in [3.05, 3.63) is 65.2 Å². The SMILES string of the molecule is Cc1cccc(NC(=O)CC(C)N[C@@H](Cc2ccccc2)C(=O)O)c1C. The number of carbonyl (C=O) groups is 2. The van der Waals surface area contributed by atoms with E-state index in [0.717, 1.165) is 22.4 Å². The van der Waals surface area contributed by atoms with E-state index in [4.69, 9.17) is 0 Å². The van der Waals surface area contributed by atoms with Crippen molar-refractivity contribution in [1.82, 2.24) is 5.32 Å². The predicted molar refractivity (Wildman–Crippen MR) is 103 cm³/mol. The fourth-order valence-electron chi connectivity index (χ4n) is 2.84. The maximum absolute atomic E-state index is 12.3. The second-order valence-corrected chi connectivity index (χ2v) is 6.65. The first-order valence-corrected chi connectivity index (χ1v) is 8.75. The Hall–Kier alpha value is -2.66. The van der Waals surface area contributed by atoms with Crippen molar-refractivity contribution in [3.8, 4) is 0 Å². The van der Waals surface area contributed by atoms with Crippen molar-refractivity contribution in [2.75, 3.05) is 5.32 Å². The third-order valence-electron chi connectivity index (χ3n) is 4.44. The van der Waals surface area contributed by atoms with Gasteiger partial charge in [0.1, 0.15) is 6.04 Å². The third kappa shape index (κ3) is 5.70. The van der Waals surface area contributed by atoms with E-state index in [1.807, 2.05) is 69.3 Å². The van der Waals surface area contributed by atoms with Crippen LogP contribution in [-0.4, -0.2) is 29.1 Å². The molecule has 0 aliphatic heterocycles. The lowest BCUT2D eigenvalue weighted by Crippen LogP contribution is -2.44. The summed E-state index contributed by atoms with van der Waals surface area (Å²) in [4.78, 5) is 23.8. The molecule has 0 saturated heterocycles. The van der Waals surface area contributed by atoms with Gasteiger partial charge in [-0.2, -0.15) is 0 Å². The van der Waals surface area contributed by atoms with Crippen LogP contribution in [0.15, 0.2) is 48.5 Å². The highest BCUT2D eigenvalue weighted by atomic mass is 16.4. The minimum absolute atomic E-state index is 0.137. The smallest absolute Gasteiger partial charge is 0.321 e. The topological polar surface area (TPSA) is 78.4 Å². The lowest BCUT2D eigenvalue weighted by atomic mass is 10.0. The minimum Gasteiger partial charge on any atom is -0.480 e. The van der Waals surface area contributed by atoms with Gasteiger partial charge in [-0.05, 0) is 49.9 Å². The van der Waals surface area contributed by atoms with Crippen molar-refractivity contribution in [2.24, 2.45) is 0 Å². The number of carboxylic acid groups (broad SMARTS) is 1. The van der Waals surface area contributed by atoms with Crippen LogP contribution >= 0.6 is 0 Å². The molecule has 0 aromatic heterocycles.